The first-order chi connectivity index (χ1) is 10.1. The quantitative estimate of drug-likeness (QED) is 0.804. The van der Waals surface area contributed by atoms with Gasteiger partial charge in [-0.2, -0.15) is 0 Å². The lowest BCUT2D eigenvalue weighted by Gasteiger charge is -2.47. The average Bonchev–Trinajstić information content (AvgIpc) is 2.77. The number of fused-ring (bicyclic) bond motifs is 3. The van der Waals surface area contributed by atoms with E-state index in [0.29, 0.717) is 28.4 Å². The second kappa shape index (κ2) is 4.92. The summed E-state index contributed by atoms with van der Waals surface area (Å²) in [4.78, 5) is 5.60. The lowest BCUT2D eigenvalue weighted by molar-refractivity contribution is 0.0407. The topological polar surface area (TPSA) is 24.0 Å². The van der Waals surface area contributed by atoms with Crippen molar-refractivity contribution in [2.75, 3.05) is 7.05 Å². The van der Waals surface area contributed by atoms with Crippen LogP contribution in [0.25, 0.3) is 11.0 Å². The first kappa shape index (κ1) is 13.5. The lowest BCUT2D eigenvalue weighted by atomic mass is 9.82. The van der Waals surface area contributed by atoms with Crippen LogP contribution in [0, 0.1) is 10.6 Å². The minimum atomic E-state index is -0.217. The molecule has 1 aromatic heterocycles. The van der Waals surface area contributed by atoms with Crippen LogP contribution >= 0.6 is 12.2 Å². The van der Waals surface area contributed by atoms with Gasteiger partial charge < -0.3 is 14.5 Å². The van der Waals surface area contributed by atoms with Crippen molar-refractivity contribution < 1.29 is 4.39 Å². The summed E-state index contributed by atoms with van der Waals surface area (Å²) in [7, 11) is 2.25. The van der Waals surface area contributed by atoms with Gasteiger partial charge in [-0.05, 0) is 57.1 Å². The number of aromatic nitrogens is 2. The number of imidazole rings is 1. The molecule has 0 aliphatic carbocycles. The fourth-order valence-electron chi connectivity index (χ4n) is 4.27. The average molecular weight is 305 g/mol. The summed E-state index contributed by atoms with van der Waals surface area (Å²) in [6.07, 6.45) is 6.11. The van der Waals surface area contributed by atoms with E-state index in [9.17, 15) is 4.39 Å². The third-order valence-corrected chi connectivity index (χ3v) is 5.68. The van der Waals surface area contributed by atoms with Gasteiger partial charge in [0.15, 0.2) is 4.77 Å². The number of aromatic amines is 1. The molecule has 1 aromatic carbocycles. The standard InChI is InChI=1S/C16H20FN3S/c1-19-10-4-2-5-11(19)9-12(8-10)20-14-7-3-6-13(17)15(14)18-16(20)21/h3,6-7,10-12H,2,4-5,8-9H2,1H3,(H,18,21). The molecule has 5 heteroatoms. The van der Waals surface area contributed by atoms with Crippen LogP contribution in [-0.2, 0) is 0 Å². The van der Waals surface area contributed by atoms with Crippen molar-refractivity contribution in [2.24, 2.45) is 0 Å². The maximum Gasteiger partial charge on any atom is 0.178 e. The number of piperidine rings is 2. The van der Waals surface area contributed by atoms with Crippen LogP contribution in [0.1, 0.15) is 38.1 Å². The van der Waals surface area contributed by atoms with Crippen LogP contribution in [0.5, 0.6) is 0 Å². The molecule has 2 aliphatic rings. The Balaban J connectivity index is 1.79. The number of nitrogens with one attached hydrogen (secondary N) is 1. The summed E-state index contributed by atoms with van der Waals surface area (Å²) in [5, 5.41) is 0. The van der Waals surface area contributed by atoms with Crippen LogP contribution in [0.2, 0.25) is 0 Å². The second-order valence-corrected chi connectivity index (χ2v) is 6.85. The Hall–Kier alpha value is -1.20. The highest BCUT2D eigenvalue weighted by molar-refractivity contribution is 7.71. The molecular weight excluding hydrogens is 285 g/mol. The van der Waals surface area contributed by atoms with Crippen LogP contribution in [0.15, 0.2) is 18.2 Å². The minimum absolute atomic E-state index is 0.217. The summed E-state index contributed by atoms with van der Waals surface area (Å²) in [6.45, 7) is 0. The summed E-state index contributed by atoms with van der Waals surface area (Å²) in [6, 6.07) is 6.90. The van der Waals surface area contributed by atoms with Gasteiger partial charge in [0.1, 0.15) is 11.3 Å². The second-order valence-electron chi connectivity index (χ2n) is 6.46. The molecule has 3 nitrogen and oxygen atoms in total. The predicted molar refractivity (Wildman–Crippen MR) is 84.5 cm³/mol. The van der Waals surface area contributed by atoms with Gasteiger partial charge in [0, 0.05) is 18.1 Å². The van der Waals surface area contributed by atoms with Gasteiger partial charge in [0.25, 0.3) is 0 Å². The van der Waals surface area contributed by atoms with Crippen molar-refractivity contribution >= 4 is 23.3 Å². The predicted octanol–water partition coefficient (Wildman–Crippen LogP) is 4.03. The Morgan fingerprint density at radius 2 is 1.90 bits per heavy atom. The van der Waals surface area contributed by atoms with Crippen molar-refractivity contribution in [3.8, 4) is 0 Å². The molecular formula is C16H20FN3S. The van der Waals surface area contributed by atoms with Crippen LogP contribution in [0.3, 0.4) is 0 Å². The smallest absolute Gasteiger partial charge is 0.178 e. The number of halogens is 1. The summed E-state index contributed by atoms with van der Waals surface area (Å²) in [5.74, 6) is -0.217. The van der Waals surface area contributed by atoms with E-state index in [1.807, 2.05) is 6.07 Å². The number of rotatable bonds is 1. The van der Waals surface area contributed by atoms with Gasteiger partial charge in [-0.3, -0.25) is 0 Å². The number of H-pyrrole nitrogens is 1. The molecule has 3 heterocycles. The van der Waals surface area contributed by atoms with Gasteiger partial charge in [-0.15, -0.1) is 0 Å². The third kappa shape index (κ3) is 2.06. The van der Waals surface area contributed by atoms with Gasteiger partial charge in [-0.1, -0.05) is 12.5 Å². The maximum atomic E-state index is 13.9. The Bertz CT molecular complexity index is 721. The first-order valence-corrected chi connectivity index (χ1v) is 8.16. The van der Waals surface area contributed by atoms with Crippen LogP contribution < -0.4 is 0 Å². The number of benzene rings is 1. The monoisotopic (exact) mass is 305 g/mol. The molecule has 0 spiro atoms. The molecule has 2 fully saturated rings. The van der Waals surface area contributed by atoms with E-state index < -0.39 is 0 Å². The van der Waals surface area contributed by atoms with E-state index in [0.717, 1.165) is 18.4 Å². The van der Waals surface area contributed by atoms with E-state index in [2.05, 4.69) is 21.5 Å². The van der Waals surface area contributed by atoms with Gasteiger partial charge in [0.2, 0.25) is 0 Å². The molecule has 2 bridgehead atoms. The van der Waals surface area contributed by atoms with E-state index in [4.69, 9.17) is 12.2 Å². The molecule has 112 valence electrons. The molecule has 2 aromatic rings. The SMILES string of the molecule is CN1C2CCCC1CC(n1c(=S)[nH]c3c(F)cccc31)C2. The van der Waals surface area contributed by atoms with Crippen molar-refractivity contribution in [2.45, 2.75) is 50.2 Å². The zero-order valence-electron chi connectivity index (χ0n) is 12.2. The van der Waals surface area contributed by atoms with E-state index in [1.165, 1.54) is 25.3 Å². The Kier molecular flexibility index (Phi) is 3.15. The van der Waals surface area contributed by atoms with Crippen LogP contribution in [0.4, 0.5) is 4.39 Å². The molecule has 0 amide bonds. The summed E-state index contributed by atoms with van der Waals surface area (Å²) in [5.41, 5.74) is 1.46. The number of nitrogens with zero attached hydrogens (tertiary/aromatic N) is 2. The minimum Gasteiger partial charge on any atom is -0.328 e. The number of hydrogen-bond donors (Lipinski definition) is 1. The number of hydrogen-bond acceptors (Lipinski definition) is 2. The highest BCUT2D eigenvalue weighted by Crippen LogP contribution is 2.39. The largest absolute Gasteiger partial charge is 0.328 e. The molecule has 2 saturated heterocycles. The number of para-hydroxylation sites is 1. The maximum absolute atomic E-state index is 13.9. The first-order valence-electron chi connectivity index (χ1n) is 7.76. The zero-order chi connectivity index (χ0) is 14.6. The Morgan fingerprint density at radius 3 is 2.62 bits per heavy atom. The van der Waals surface area contributed by atoms with Gasteiger partial charge >= 0.3 is 0 Å². The Morgan fingerprint density at radius 1 is 1.19 bits per heavy atom. The summed E-state index contributed by atoms with van der Waals surface area (Å²) >= 11 is 5.48. The zero-order valence-corrected chi connectivity index (χ0v) is 13.0. The molecule has 1 N–H and O–H groups in total. The van der Waals surface area contributed by atoms with E-state index in [-0.39, 0.29) is 5.82 Å². The van der Waals surface area contributed by atoms with Crippen molar-refractivity contribution in [3.63, 3.8) is 0 Å². The highest BCUT2D eigenvalue weighted by Gasteiger charge is 2.37. The molecule has 4 rings (SSSR count). The molecule has 0 saturated carbocycles. The normalized spacial score (nSPS) is 29.9. The fourth-order valence-corrected chi connectivity index (χ4v) is 4.62. The fraction of sp³-hybridized carbons (Fsp3) is 0.562. The highest BCUT2D eigenvalue weighted by atomic mass is 32.1. The van der Waals surface area contributed by atoms with Crippen molar-refractivity contribution in [3.05, 3.63) is 28.8 Å². The lowest BCUT2D eigenvalue weighted by Crippen LogP contribution is -2.50. The van der Waals surface area contributed by atoms with Crippen molar-refractivity contribution in [1.82, 2.24) is 14.5 Å². The molecule has 0 radical (unpaired) electrons. The van der Waals surface area contributed by atoms with Gasteiger partial charge in [-0.25, -0.2) is 4.39 Å². The van der Waals surface area contributed by atoms with E-state index in [1.54, 1.807) is 6.07 Å². The molecule has 2 unspecified atom stereocenters. The van der Waals surface area contributed by atoms with Crippen LogP contribution in [-0.4, -0.2) is 33.6 Å². The Labute approximate surface area is 128 Å². The summed E-state index contributed by atoms with van der Waals surface area (Å²) < 4.78 is 16.8. The van der Waals surface area contributed by atoms with Gasteiger partial charge in [0.05, 0.1) is 5.52 Å². The molecule has 2 aliphatic heterocycles. The molecule has 2 atom stereocenters. The van der Waals surface area contributed by atoms with E-state index >= 15 is 0 Å². The third-order valence-electron chi connectivity index (χ3n) is 5.38. The molecule has 21 heavy (non-hydrogen) atoms. The van der Waals surface area contributed by atoms with Crippen molar-refractivity contribution in [1.29, 1.82) is 0 Å².